The molecule has 0 N–H and O–H groups in total. The van der Waals surface area contributed by atoms with Crippen LogP contribution in [0.15, 0.2) is 22.3 Å². The quantitative estimate of drug-likeness (QED) is 0.602. The van der Waals surface area contributed by atoms with Crippen molar-refractivity contribution in [2.24, 2.45) is 0 Å². The van der Waals surface area contributed by atoms with Gasteiger partial charge < -0.3 is 0 Å². The molecule has 0 unspecified atom stereocenters. The summed E-state index contributed by atoms with van der Waals surface area (Å²) in [5, 5.41) is 0. The van der Waals surface area contributed by atoms with Crippen molar-refractivity contribution in [1.29, 1.82) is 0 Å². The van der Waals surface area contributed by atoms with Crippen LogP contribution in [-0.2, 0) is 25.8 Å². The normalized spacial score (nSPS) is 19.4. The zero-order valence-electron chi connectivity index (χ0n) is 8.00. The van der Waals surface area contributed by atoms with Crippen LogP contribution in [0, 0.1) is 5.92 Å². The Labute approximate surface area is 88.5 Å². The van der Waals surface area contributed by atoms with Gasteiger partial charge in [-0.15, -0.1) is 0 Å². The van der Waals surface area contributed by atoms with E-state index < -0.39 is 0 Å². The van der Waals surface area contributed by atoms with E-state index in [9.17, 15) is 0 Å². The molecule has 0 heterocycles. The molecule has 1 radical (unpaired) electrons. The van der Waals surface area contributed by atoms with Crippen LogP contribution in [-0.4, -0.2) is 0 Å². The predicted molar refractivity (Wildman–Crippen MR) is 45.7 cm³/mol. The van der Waals surface area contributed by atoms with Gasteiger partial charge in [-0.3, -0.25) is 0 Å². The molecule has 1 aliphatic carbocycles. The Morgan fingerprint density at radius 2 is 0.818 bits per heavy atom. The third-order valence-electron chi connectivity index (χ3n) is 2.81. The minimum Gasteiger partial charge on any atom is -0.0589 e. The molecular formula is C10H15Hf. The van der Waals surface area contributed by atoms with Crippen molar-refractivity contribution in [2.75, 3.05) is 0 Å². The Balaban J connectivity index is 0.000001000. The summed E-state index contributed by atoms with van der Waals surface area (Å²) in [5.74, 6) is 1.47. The van der Waals surface area contributed by atoms with Gasteiger partial charge in [0.25, 0.3) is 0 Å². The van der Waals surface area contributed by atoms with Crippen molar-refractivity contribution in [3.8, 4) is 0 Å². The van der Waals surface area contributed by atoms with Crippen LogP contribution >= 0.6 is 0 Å². The first kappa shape index (κ1) is 11.4. The largest absolute Gasteiger partial charge is 0.0589 e. The van der Waals surface area contributed by atoms with Gasteiger partial charge in [0.05, 0.1) is 0 Å². The van der Waals surface area contributed by atoms with E-state index in [-0.39, 0.29) is 25.8 Å². The topological polar surface area (TPSA) is 0 Å². The van der Waals surface area contributed by atoms with Crippen molar-refractivity contribution in [3.63, 3.8) is 0 Å². The van der Waals surface area contributed by atoms with Gasteiger partial charge in [-0.1, -0.05) is 18.1 Å². The molecule has 1 aliphatic rings. The van der Waals surface area contributed by atoms with Crippen molar-refractivity contribution in [1.82, 2.24) is 0 Å². The van der Waals surface area contributed by atoms with Crippen molar-refractivity contribution in [3.05, 3.63) is 28.2 Å². The monoisotopic (exact) mass is 315 g/mol. The van der Waals surface area contributed by atoms with Gasteiger partial charge in [0.1, 0.15) is 0 Å². The molecule has 1 rings (SSSR count). The molecule has 0 aromatic carbocycles. The summed E-state index contributed by atoms with van der Waals surface area (Å²) in [4.78, 5) is 0. The van der Waals surface area contributed by atoms with E-state index >= 15 is 0 Å². The van der Waals surface area contributed by atoms with Crippen molar-refractivity contribution in [2.45, 2.75) is 34.6 Å². The van der Waals surface area contributed by atoms with Gasteiger partial charge in [-0.25, -0.2) is 0 Å². The molecule has 0 aromatic heterocycles. The summed E-state index contributed by atoms with van der Waals surface area (Å²) in [6.07, 6.45) is 0. The second-order valence-corrected chi connectivity index (χ2v) is 3.12. The van der Waals surface area contributed by atoms with Crippen LogP contribution in [0.4, 0.5) is 0 Å². The minimum atomic E-state index is 0. The SMILES string of the molecule is C[C]1C(C)=C(C)C(C)=C1C.[Hf]. The van der Waals surface area contributed by atoms with E-state index in [1.165, 1.54) is 28.2 Å². The maximum absolute atomic E-state index is 2.20. The molecule has 0 nitrogen and oxygen atoms in total. The first-order chi connectivity index (χ1) is 4.55. The summed E-state index contributed by atoms with van der Waals surface area (Å²) in [7, 11) is 0. The van der Waals surface area contributed by atoms with Crippen molar-refractivity contribution < 1.29 is 25.8 Å². The van der Waals surface area contributed by atoms with E-state index in [0.717, 1.165) is 0 Å². The summed E-state index contributed by atoms with van der Waals surface area (Å²) >= 11 is 0. The summed E-state index contributed by atoms with van der Waals surface area (Å²) in [6, 6.07) is 0. The van der Waals surface area contributed by atoms with E-state index in [1.54, 1.807) is 0 Å². The van der Waals surface area contributed by atoms with Crippen LogP contribution in [0.1, 0.15) is 34.6 Å². The number of hydrogen-bond acceptors (Lipinski definition) is 0. The first-order valence-corrected chi connectivity index (χ1v) is 3.75. The summed E-state index contributed by atoms with van der Waals surface area (Å²) < 4.78 is 0. The smallest absolute Gasteiger partial charge is 0.0226 e. The van der Waals surface area contributed by atoms with E-state index in [0.29, 0.717) is 0 Å². The zero-order chi connectivity index (χ0) is 7.89. The average Bonchev–Trinajstić information content (AvgIpc) is 2.07. The second-order valence-electron chi connectivity index (χ2n) is 3.12. The van der Waals surface area contributed by atoms with Crippen LogP contribution in [0.25, 0.3) is 0 Å². The first-order valence-electron chi connectivity index (χ1n) is 3.75. The van der Waals surface area contributed by atoms with E-state index in [4.69, 9.17) is 0 Å². The summed E-state index contributed by atoms with van der Waals surface area (Å²) in [6.45, 7) is 11.0. The molecule has 0 bridgehead atoms. The number of rotatable bonds is 0. The van der Waals surface area contributed by atoms with Gasteiger partial charge >= 0.3 is 0 Å². The summed E-state index contributed by atoms with van der Waals surface area (Å²) in [5.41, 5.74) is 5.87. The van der Waals surface area contributed by atoms with Crippen LogP contribution in [0.3, 0.4) is 0 Å². The van der Waals surface area contributed by atoms with Gasteiger partial charge in [0, 0.05) is 31.8 Å². The Morgan fingerprint density at radius 1 is 0.545 bits per heavy atom. The molecule has 0 fully saturated rings. The Kier molecular flexibility index (Phi) is 3.96. The number of allylic oxidation sites excluding steroid dienone is 4. The fraction of sp³-hybridized carbons (Fsp3) is 0.500. The molecule has 0 aliphatic heterocycles. The molecule has 0 spiro atoms. The molecule has 59 valence electrons. The van der Waals surface area contributed by atoms with E-state index in [1.807, 2.05) is 0 Å². The third kappa shape index (κ3) is 1.74. The average molecular weight is 314 g/mol. The molecular weight excluding hydrogens is 299 g/mol. The molecule has 0 saturated heterocycles. The maximum atomic E-state index is 2.20. The zero-order valence-corrected chi connectivity index (χ0v) is 11.6. The van der Waals surface area contributed by atoms with Gasteiger partial charge in [0.2, 0.25) is 0 Å². The maximum Gasteiger partial charge on any atom is 0.0226 e. The second kappa shape index (κ2) is 3.84. The fourth-order valence-electron chi connectivity index (χ4n) is 1.41. The standard InChI is InChI=1S/C10H15.Hf/c1-6-7(2)9(4)10(5)8(6)3;/h1-5H3;. The van der Waals surface area contributed by atoms with E-state index in [2.05, 4.69) is 34.6 Å². The van der Waals surface area contributed by atoms with Crippen LogP contribution < -0.4 is 0 Å². The molecule has 11 heavy (non-hydrogen) atoms. The van der Waals surface area contributed by atoms with Gasteiger partial charge in [-0.05, 0) is 38.8 Å². The third-order valence-corrected chi connectivity index (χ3v) is 2.81. The Bertz CT molecular complexity index is 197. The minimum absolute atomic E-state index is 0. The molecule has 0 amide bonds. The fourth-order valence-corrected chi connectivity index (χ4v) is 1.41. The Morgan fingerprint density at radius 3 is 0.909 bits per heavy atom. The van der Waals surface area contributed by atoms with Crippen LogP contribution in [0.2, 0.25) is 0 Å². The molecule has 0 saturated carbocycles. The number of hydrogen-bond donors (Lipinski definition) is 0. The molecule has 0 atom stereocenters. The van der Waals surface area contributed by atoms with Gasteiger partial charge in [-0.2, -0.15) is 0 Å². The molecule has 0 aromatic rings. The molecule has 1 heteroatoms. The Hall–Kier alpha value is 0.350. The van der Waals surface area contributed by atoms with Crippen LogP contribution in [0.5, 0.6) is 0 Å². The van der Waals surface area contributed by atoms with Gasteiger partial charge in [0.15, 0.2) is 0 Å². The predicted octanol–water partition coefficient (Wildman–Crippen LogP) is 3.26. The van der Waals surface area contributed by atoms with Crippen molar-refractivity contribution >= 4 is 0 Å².